The van der Waals surface area contributed by atoms with Gasteiger partial charge in [-0.1, -0.05) is 39.7 Å². The summed E-state index contributed by atoms with van der Waals surface area (Å²) < 4.78 is 12.2. The van der Waals surface area contributed by atoms with Crippen molar-refractivity contribution in [2.75, 3.05) is 24.8 Å². The van der Waals surface area contributed by atoms with Gasteiger partial charge in [-0.25, -0.2) is 0 Å². The second kappa shape index (κ2) is 12.7. The average Bonchev–Trinajstić information content (AvgIpc) is 2.99. The number of ether oxygens (including phenoxy) is 2. The molecule has 5 unspecified atom stereocenters. The van der Waals surface area contributed by atoms with Crippen LogP contribution in [0.1, 0.15) is 51.9 Å². The summed E-state index contributed by atoms with van der Waals surface area (Å²) in [7, 11) is 3.00. The maximum Gasteiger partial charge on any atom is 0.187 e. The fraction of sp³-hybridized carbons (Fsp3) is 0.800. The zero-order valence-corrected chi connectivity index (χ0v) is 26.0. The van der Waals surface area contributed by atoms with Crippen molar-refractivity contribution in [1.29, 1.82) is 0 Å². The van der Waals surface area contributed by atoms with Crippen molar-refractivity contribution >= 4 is 33.2 Å². The van der Waals surface area contributed by atoms with Crippen molar-refractivity contribution in [3.05, 3.63) is 23.5 Å². The van der Waals surface area contributed by atoms with Crippen LogP contribution in [0, 0.1) is 29.1 Å². The number of ketones is 2. The highest BCUT2D eigenvalue weighted by atomic mass is 33.1. The Morgan fingerprint density at radius 2 is 1.88 bits per heavy atom. The molecule has 7 N–H and O–H groups in total. The minimum atomic E-state index is -2.01. The number of Topliss-reactive ketones (excluding diaryl/α,β-unsaturated/α-hetero) is 2. The van der Waals surface area contributed by atoms with E-state index in [0.29, 0.717) is 31.6 Å². The van der Waals surface area contributed by atoms with Crippen molar-refractivity contribution in [3.8, 4) is 0 Å². The molecule has 5 fully saturated rings. The molecule has 0 aromatic carbocycles. The molecule has 6 aliphatic rings. The van der Waals surface area contributed by atoms with Gasteiger partial charge in [0.2, 0.25) is 0 Å². The summed E-state index contributed by atoms with van der Waals surface area (Å²) in [6.07, 6.45) is 0.538. The molecule has 0 amide bonds. The predicted molar refractivity (Wildman–Crippen MR) is 161 cm³/mol. The summed E-state index contributed by atoms with van der Waals surface area (Å²) >= 11 is 0. The lowest BCUT2D eigenvalue weighted by Crippen LogP contribution is -2.68. The fourth-order valence-corrected chi connectivity index (χ4v) is 10.6. The Kier molecular flexibility index (Phi) is 9.41. The molecular formula is C30H44N2O9S2. The van der Waals surface area contributed by atoms with Gasteiger partial charge < -0.3 is 40.3 Å². The van der Waals surface area contributed by atoms with Crippen molar-refractivity contribution in [2.24, 2.45) is 29.1 Å². The van der Waals surface area contributed by atoms with E-state index in [-0.39, 0.29) is 41.6 Å². The summed E-state index contributed by atoms with van der Waals surface area (Å²) in [5, 5.41) is 62.7. The third-order valence-corrected chi connectivity index (χ3v) is 12.9. The Hall–Kier alpha value is -1.00. The first-order valence-electron chi connectivity index (χ1n) is 15.5. The lowest BCUT2D eigenvalue weighted by atomic mass is 9.53. The molecule has 12 atom stereocenters. The zero-order chi connectivity index (χ0) is 30.5. The summed E-state index contributed by atoms with van der Waals surface area (Å²) in [5.41, 5.74) is -2.72. The van der Waals surface area contributed by atoms with Crippen LogP contribution >= 0.6 is 21.6 Å². The molecule has 6 rings (SSSR count). The van der Waals surface area contributed by atoms with E-state index in [9.17, 15) is 35.1 Å². The number of aliphatic hydroxyl groups excluding tert-OH is 4. The van der Waals surface area contributed by atoms with E-state index in [2.05, 4.69) is 10.6 Å². The van der Waals surface area contributed by atoms with E-state index in [4.69, 9.17) is 9.47 Å². The van der Waals surface area contributed by atoms with Gasteiger partial charge in [-0.05, 0) is 64.0 Å². The van der Waals surface area contributed by atoms with Crippen LogP contribution in [-0.4, -0.2) is 104 Å². The van der Waals surface area contributed by atoms with E-state index in [1.165, 1.54) is 10.8 Å². The van der Waals surface area contributed by atoms with Crippen LogP contribution in [0.3, 0.4) is 0 Å². The highest BCUT2D eigenvalue weighted by Crippen LogP contribution is 2.55. The number of aliphatic hydroxyl groups is 5. The van der Waals surface area contributed by atoms with Crippen LogP contribution in [0.5, 0.6) is 0 Å². The number of fused-ring (bicyclic) bond motifs is 4. The molecular weight excluding hydrogens is 596 g/mol. The third kappa shape index (κ3) is 5.55. The molecule has 1 spiro atoms. The summed E-state index contributed by atoms with van der Waals surface area (Å²) in [5.74, 6) is -1.74. The second-order valence-corrected chi connectivity index (χ2v) is 15.6. The van der Waals surface area contributed by atoms with Gasteiger partial charge in [-0.15, -0.1) is 0 Å². The molecule has 240 valence electrons. The normalized spacial score (nSPS) is 47.8. The SMILES string of the molecule is CC1=C[C@H]2C(=O)C3CCCC4O[C@@H]5O[C@H](CO)[C@@H](O)[C@](O)(CCC6CCNC(C6)NCSSC[C@@]2(C(=O)C43)C(O)=C1)[C@H]5O. The molecule has 43 heavy (non-hydrogen) atoms. The summed E-state index contributed by atoms with van der Waals surface area (Å²) in [4.78, 5) is 28.8. The fourth-order valence-electron chi connectivity index (χ4n) is 8.24. The lowest BCUT2D eigenvalue weighted by molar-refractivity contribution is -0.346. The molecule has 0 aromatic heterocycles. The first-order chi connectivity index (χ1) is 20.6. The minimum absolute atomic E-state index is 0.0207. The van der Waals surface area contributed by atoms with Crippen LogP contribution in [0.25, 0.3) is 0 Å². The third-order valence-electron chi connectivity index (χ3n) is 10.7. The molecule has 11 nitrogen and oxygen atoms in total. The highest BCUT2D eigenvalue weighted by molar-refractivity contribution is 8.76. The zero-order valence-electron chi connectivity index (χ0n) is 24.4. The van der Waals surface area contributed by atoms with Crippen molar-refractivity contribution in [2.45, 2.75) is 94.3 Å². The number of hydrogen-bond acceptors (Lipinski definition) is 13. The number of rotatable bonds is 1. The number of piperidine rings is 1. The van der Waals surface area contributed by atoms with E-state index in [0.717, 1.165) is 25.0 Å². The quantitative estimate of drug-likeness (QED) is 0.203. The average molecular weight is 641 g/mol. The Bertz CT molecular complexity index is 1150. The van der Waals surface area contributed by atoms with Crippen LogP contribution in [-0.2, 0) is 19.1 Å². The van der Waals surface area contributed by atoms with Crippen molar-refractivity contribution < 1.29 is 44.6 Å². The Morgan fingerprint density at radius 3 is 2.67 bits per heavy atom. The van der Waals surface area contributed by atoms with Crippen LogP contribution in [0.15, 0.2) is 23.5 Å². The van der Waals surface area contributed by atoms with Gasteiger partial charge >= 0.3 is 0 Å². The van der Waals surface area contributed by atoms with Crippen LogP contribution < -0.4 is 10.6 Å². The van der Waals surface area contributed by atoms with E-state index in [1.54, 1.807) is 16.9 Å². The highest BCUT2D eigenvalue weighted by Gasteiger charge is 2.64. The summed E-state index contributed by atoms with van der Waals surface area (Å²) in [6.45, 7) is 1.98. The van der Waals surface area contributed by atoms with Gasteiger partial charge in [0.15, 0.2) is 12.1 Å². The number of nitrogens with one attached hydrogen (secondary N) is 2. The number of hydrogen-bond donors (Lipinski definition) is 7. The molecule has 0 aromatic rings. The first-order valence-corrected chi connectivity index (χ1v) is 18.0. The Morgan fingerprint density at radius 1 is 1.07 bits per heavy atom. The summed E-state index contributed by atoms with van der Waals surface area (Å²) in [6, 6.07) is 0. The van der Waals surface area contributed by atoms with Gasteiger partial charge in [0, 0.05) is 11.7 Å². The lowest BCUT2D eigenvalue weighted by Gasteiger charge is -2.53. The van der Waals surface area contributed by atoms with Gasteiger partial charge in [0.1, 0.15) is 40.9 Å². The van der Waals surface area contributed by atoms with Gasteiger partial charge in [0.25, 0.3) is 0 Å². The van der Waals surface area contributed by atoms with Crippen LogP contribution in [0.4, 0.5) is 0 Å². The molecule has 2 saturated carbocycles. The predicted octanol–water partition coefficient (Wildman–Crippen LogP) is 1.16. The maximum absolute atomic E-state index is 14.6. The number of allylic oxidation sites excluding steroid dienone is 4. The molecule has 6 bridgehead atoms. The van der Waals surface area contributed by atoms with Gasteiger partial charge in [-0.3, -0.25) is 14.9 Å². The van der Waals surface area contributed by atoms with E-state index >= 15 is 0 Å². The monoisotopic (exact) mass is 640 g/mol. The van der Waals surface area contributed by atoms with E-state index < -0.39 is 66.1 Å². The van der Waals surface area contributed by atoms with E-state index in [1.807, 2.05) is 13.0 Å². The standard InChI is InChI=1S/C30H44N2O9S2/c1-15-9-18-24(35)17-3-2-4-19-23(17)26(37)29(18,21(34)10-15)13-42-43-14-32-22-11-16(6-8-31-22)5-7-30(39)25(36)20(12-33)41-28(40-19)27(30)38/h9-10,16-20,22-23,25,27-28,31-34,36,38-39H,2-8,11-14H2,1H3/t16?,17?,18-,19?,20+,22?,23?,25+,27-,28+,29-,30+/m0/s1. The molecule has 0 radical (unpaired) electrons. The topological polar surface area (TPSA) is 178 Å². The molecule has 13 heteroatoms. The van der Waals surface area contributed by atoms with Crippen molar-refractivity contribution in [3.63, 3.8) is 0 Å². The molecule has 3 heterocycles. The Labute approximate surface area is 259 Å². The molecule has 3 saturated heterocycles. The minimum Gasteiger partial charge on any atom is -0.511 e. The smallest absolute Gasteiger partial charge is 0.187 e. The largest absolute Gasteiger partial charge is 0.511 e. The molecule has 3 aliphatic carbocycles. The Balaban J connectivity index is 1.37. The second-order valence-electron chi connectivity index (χ2n) is 13.2. The first kappa shape index (κ1) is 32.0. The van der Waals surface area contributed by atoms with Gasteiger partial charge in [0.05, 0.1) is 36.6 Å². The number of carbonyl (C=O) groups is 2. The van der Waals surface area contributed by atoms with Gasteiger partial charge in [-0.2, -0.15) is 0 Å². The van der Waals surface area contributed by atoms with Crippen molar-refractivity contribution in [1.82, 2.24) is 10.6 Å². The number of carbonyl (C=O) groups excluding carboxylic acids is 2. The van der Waals surface area contributed by atoms with Crippen LogP contribution in [0.2, 0.25) is 0 Å². The molecule has 3 aliphatic heterocycles. The maximum atomic E-state index is 14.6.